The third-order valence-electron chi connectivity index (χ3n) is 4.10. The first-order valence-electron chi connectivity index (χ1n) is 8.28. The van der Waals surface area contributed by atoms with Crippen molar-refractivity contribution in [2.24, 2.45) is 12.5 Å². The number of rotatable bonds is 3. The maximum absolute atomic E-state index is 12.4. The number of aromatic amines is 1. The lowest BCUT2D eigenvalue weighted by molar-refractivity contribution is -0.126. The molecular formula is C19H23N3O4. The number of fused-ring (bicyclic) bond motifs is 1. The van der Waals surface area contributed by atoms with Gasteiger partial charge in [0.15, 0.2) is 0 Å². The van der Waals surface area contributed by atoms with Crippen LogP contribution in [0.2, 0.25) is 0 Å². The first-order valence-corrected chi connectivity index (χ1v) is 8.28. The zero-order valence-corrected chi connectivity index (χ0v) is 15.9. The summed E-state index contributed by atoms with van der Waals surface area (Å²) >= 11 is 0. The minimum absolute atomic E-state index is 0.220. The molecule has 0 spiro atoms. The second-order valence-electron chi connectivity index (χ2n) is 6.51. The Kier molecular flexibility index (Phi) is 5.26. The molecule has 7 nitrogen and oxygen atoms in total. The molecule has 1 amide bonds. The molecule has 2 aromatic rings. The molecule has 2 aromatic heterocycles. The van der Waals surface area contributed by atoms with Gasteiger partial charge in [-0.25, -0.2) is 4.79 Å². The highest BCUT2D eigenvalue weighted by Crippen LogP contribution is 2.24. The summed E-state index contributed by atoms with van der Waals surface area (Å²) in [7, 11) is 3.15. The number of aryl methyl sites for hydroxylation is 2. The van der Waals surface area contributed by atoms with Crippen LogP contribution in [-0.2, 0) is 16.6 Å². The molecule has 0 unspecified atom stereocenters. The first kappa shape index (κ1) is 19.3. The summed E-state index contributed by atoms with van der Waals surface area (Å²) in [4.78, 5) is 39.8. The number of carbonyl (C=O) groups excluding carboxylic acids is 2. The van der Waals surface area contributed by atoms with Gasteiger partial charge in [-0.2, -0.15) is 0 Å². The average Bonchev–Trinajstić information content (AvgIpc) is 2.93. The Bertz CT molecular complexity index is 1000. The van der Waals surface area contributed by atoms with E-state index in [1.54, 1.807) is 48.0 Å². The van der Waals surface area contributed by atoms with Crippen LogP contribution in [-0.4, -0.2) is 35.1 Å². The lowest BCUT2D eigenvalue weighted by Gasteiger charge is -2.14. The Hall–Kier alpha value is -3.01. The van der Waals surface area contributed by atoms with Crippen LogP contribution in [0.3, 0.4) is 0 Å². The standard InChI is InChI=1S/C19H23N3O4/c1-7-26-17(24)13-11(2)21-15-14(13)12(10-22(6)16(15)23)8-9-19(3,4)18(25)20-5/h10,21H,7H2,1-6H3,(H,20,25). The Labute approximate surface area is 151 Å². The highest BCUT2D eigenvalue weighted by molar-refractivity contribution is 6.07. The number of nitrogens with zero attached hydrogens (tertiary/aromatic N) is 1. The molecule has 0 aliphatic heterocycles. The van der Waals surface area contributed by atoms with E-state index in [2.05, 4.69) is 22.1 Å². The number of ether oxygens (including phenoxy) is 1. The molecule has 0 aromatic carbocycles. The van der Waals surface area contributed by atoms with Gasteiger partial charge in [-0.05, 0) is 27.7 Å². The summed E-state index contributed by atoms with van der Waals surface area (Å²) in [6.07, 6.45) is 1.56. The minimum atomic E-state index is -0.925. The molecule has 0 fully saturated rings. The zero-order chi connectivity index (χ0) is 19.6. The molecule has 0 saturated carbocycles. The zero-order valence-electron chi connectivity index (χ0n) is 15.9. The highest BCUT2D eigenvalue weighted by Gasteiger charge is 2.25. The van der Waals surface area contributed by atoms with Crippen molar-refractivity contribution < 1.29 is 14.3 Å². The van der Waals surface area contributed by atoms with E-state index in [0.717, 1.165) is 0 Å². The topological polar surface area (TPSA) is 93.2 Å². The van der Waals surface area contributed by atoms with Crippen molar-refractivity contribution in [3.05, 3.63) is 33.4 Å². The number of hydrogen-bond acceptors (Lipinski definition) is 4. The summed E-state index contributed by atoms with van der Waals surface area (Å²) in [5.74, 6) is 5.16. The quantitative estimate of drug-likeness (QED) is 0.643. The van der Waals surface area contributed by atoms with Gasteiger partial charge in [0.2, 0.25) is 5.91 Å². The fraction of sp³-hybridized carbons (Fsp3) is 0.421. The van der Waals surface area contributed by atoms with Gasteiger partial charge >= 0.3 is 5.97 Å². The summed E-state index contributed by atoms with van der Waals surface area (Å²) in [6.45, 7) is 7.05. The van der Waals surface area contributed by atoms with E-state index in [4.69, 9.17) is 4.74 Å². The molecule has 2 heterocycles. The monoisotopic (exact) mass is 357 g/mol. The number of aromatic nitrogens is 2. The Morgan fingerprint density at radius 1 is 1.38 bits per heavy atom. The molecule has 26 heavy (non-hydrogen) atoms. The second-order valence-corrected chi connectivity index (χ2v) is 6.51. The van der Waals surface area contributed by atoms with Gasteiger partial charge in [0, 0.05) is 31.4 Å². The summed E-state index contributed by atoms with van der Waals surface area (Å²) in [5, 5.41) is 2.99. The number of hydrogen-bond donors (Lipinski definition) is 2. The summed E-state index contributed by atoms with van der Waals surface area (Å²) < 4.78 is 6.51. The number of carbonyl (C=O) groups is 2. The van der Waals surface area contributed by atoms with Gasteiger partial charge in [-0.1, -0.05) is 11.8 Å². The lowest BCUT2D eigenvalue weighted by atomic mass is 9.92. The van der Waals surface area contributed by atoms with Crippen LogP contribution in [0.15, 0.2) is 11.0 Å². The molecule has 2 rings (SSSR count). The third kappa shape index (κ3) is 3.36. The predicted molar refractivity (Wildman–Crippen MR) is 99.0 cm³/mol. The van der Waals surface area contributed by atoms with Crippen LogP contribution in [0.5, 0.6) is 0 Å². The fourth-order valence-electron chi connectivity index (χ4n) is 2.69. The van der Waals surface area contributed by atoms with Gasteiger partial charge in [0.05, 0.1) is 17.7 Å². The van der Waals surface area contributed by atoms with Crippen molar-refractivity contribution in [3.63, 3.8) is 0 Å². The van der Waals surface area contributed by atoms with E-state index in [0.29, 0.717) is 22.2 Å². The lowest BCUT2D eigenvalue weighted by Crippen LogP contribution is -2.33. The molecular weight excluding hydrogens is 334 g/mol. The van der Waals surface area contributed by atoms with Crippen molar-refractivity contribution in [2.75, 3.05) is 13.7 Å². The Morgan fingerprint density at radius 3 is 2.62 bits per heavy atom. The van der Waals surface area contributed by atoms with Crippen molar-refractivity contribution in [1.29, 1.82) is 0 Å². The van der Waals surface area contributed by atoms with Gasteiger partial charge in [-0.15, -0.1) is 0 Å². The third-order valence-corrected chi connectivity index (χ3v) is 4.10. The number of pyridine rings is 1. The average molecular weight is 357 g/mol. The summed E-state index contributed by atoms with van der Waals surface area (Å²) in [6, 6.07) is 0. The first-order chi connectivity index (χ1) is 12.1. The highest BCUT2D eigenvalue weighted by atomic mass is 16.5. The number of nitrogens with one attached hydrogen (secondary N) is 2. The normalized spacial score (nSPS) is 11.0. The van der Waals surface area contributed by atoms with Crippen LogP contribution >= 0.6 is 0 Å². The van der Waals surface area contributed by atoms with Crippen molar-refractivity contribution in [3.8, 4) is 11.8 Å². The van der Waals surface area contributed by atoms with Gasteiger partial charge < -0.3 is 19.6 Å². The van der Waals surface area contributed by atoms with Crippen LogP contribution in [0, 0.1) is 24.2 Å². The van der Waals surface area contributed by atoms with Gasteiger partial charge in [0.25, 0.3) is 5.56 Å². The van der Waals surface area contributed by atoms with Gasteiger partial charge in [0.1, 0.15) is 10.9 Å². The molecule has 2 N–H and O–H groups in total. The van der Waals surface area contributed by atoms with Crippen LogP contribution < -0.4 is 10.9 Å². The molecule has 138 valence electrons. The number of esters is 1. The van der Waals surface area contributed by atoms with Crippen molar-refractivity contribution >= 4 is 22.8 Å². The van der Waals surface area contributed by atoms with Crippen molar-refractivity contribution in [1.82, 2.24) is 14.9 Å². The van der Waals surface area contributed by atoms with E-state index in [1.165, 1.54) is 4.57 Å². The molecule has 0 aliphatic rings. The van der Waals surface area contributed by atoms with Gasteiger partial charge in [-0.3, -0.25) is 9.59 Å². The molecule has 0 atom stereocenters. The molecule has 0 saturated heterocycles. The fourth-order valence-corrected chi connectivity index (χ4v) is 2.69. The molecule has 0 bridgehead atoms. The van der Waals surface area contributed by atoms with E-state index in [9.17, 15) is 14.4 Å². The molecule has 7 heteroatoms. The minimum Gasteiger partial charge on any atom is -0.462 e. The maximum atomic E-state index is 12.4. The van der Waals surface area contributed by atoms with E-state index in [-0.39, 0.29) is 23.6 Å². The number of H-pyrrole nitrogens is 1. The summed E-state index contributed by atoms with van der Waals surface area (Å²) in [5.41, 5.74) is 0.404. The molecule has 0 aliphatic carbocycles. The van der Waals surface area contributed by atoms with Crippen LogP contribution in [0.1, 0.15) is 42.4 Å². The van der Waals surface area contributed by atoms with E-state index >= 15 is 0 Å². The SMILES string of the molecule is CCOC(=O)c1c(C)[nH]c2c(=O)n(C)cc(C#CC(C)(C)C(=O)NC)c12. The van der Waals surface area contributed by atoms with Crippen molar-refractivity contribution in [2.45, 2.75) is 27.7 Å². The maximum Gasteiger partial charge on any atom is 0.340 e. The van der Waals surface area contributed by atoms with Crippen LogP contribution in [0.25, 0.3) is 10.9 Å². The smallest absolute Gasteiger partial charge is 0.340 e. The largest absolute Gasteiger partial charge is 0.462 e. The predicted octanol–water partition coefficient (Wildman–Crippen LogP) is 1.48. The second kappa shape index (κ2) is 7.08. The Balaban J connectivity index is 2.79. The van der Waals surface area contributed by atoms with E-state index < -0.39 is 11.4 Å². The molecule has 0 radical (unpaired) electrons. The Morgan fingerprint density at radius 2 is 2.04 bits per heavy atom. The number of amides is 1. The van der Waals surface area contributed by atoms with E-state index in [1.807, 2.05) is 0 Å². The van der Waals surface area contributed by atoms with Crippen LogP contribution in [0.4, 0.5) is 0 Å².